The van der Waals surface area contributed by atoms with E-state index in [4.69, 9.17) is 16.3 Å². The fraction of sp³-hybridized carbons (Fsp3) is 0.333. The molecule has 1 N–H and O–H groups in total. The summed E-state index contributed by atoms with van der Waals surface area (Å²) in [6.07, 6.45) is 0. The van der Waals surface area contributed by atoms with E-state index in [-0.39, 0.29) is 29.0 Å². The molecule has 3 aromatic carbocycles. The maximum absolute atomic E-state index is 14.0. The molecule has 1 atom stereocenters. The first kappa shape index (κ1) is 31.0. The Bertz CT molecular complexity index is 1430. The van der Waals surface area contributed by atoms with Crippen LogP contribution in [0.1, 0.15) is 31.9 Å². The number of rotatable bonds is 12. The molecule has 0 heterocycles. The first-order valence-corrected chi connectivity index (χ1v) is 14.8. The second kappa shape index (κ2) is 13.7. The molecule has 0 unspecified atom stereocenters. The minimum absolute atomic E-state index is 0.0317. The van der Waals surface area contributed by atoms with Crippen LogP contribution in [0.2, 0.25) is 5.02 Å². The van der Waals surface area contributed by atoms with Crippen LogP contribution >= 0.6 is 11.6 Å². The van der Waals surface area contributed by atoms with E-state index in [2.05, 4.69) is 5.32 Å². The third-order valence-electron chi connectivity index (χ3n) is 6.46. The van der Waals surface area contributed by atoms with Gasteiger partial charge in [0, 0.05) is 18.1 Å². The van der Waals surface area contributed by atoms with Gasteiger partial charge in [0.05, 0.1) is 17.7 Å². The van der Waals surface area contributed by atoms with Gasteiger partial charge in [-0.05, 0) is 67.3 Å². The average Bonchev–Trinajstić information content (AvgIpc) is 2.95. The van der Waals surface area contributed by atoms with Crippen LogP contribution in [0.4, 0.5) is 5.69 Å². The molecule has 40 heavy (non-hydrogen) atoms. The number of ether oxygens (including phenoxy) is 1. The van der Waals surface area contributed by atoms with Crippen molar-refractivity contribution in [2.24, 2.45) is 5.92 Å². The van der Waals surface area contributed by atoms with E-state index in [9.17, 15) is 18.0 Å². The minimum atomic E-state index is -4.17. The van der Waals surface area contributed by atoms with Gasteiger partial charge in [-0.25, -0.2) is 8.42 Å². The Hall–Kier alpha value is -3.56. The van der Waals surface area contributed by atoms with Gasteiger partial charge in [0.25, 0.3) is 10.0 Å². The van der Waals surface area contributed by atoms with Crippen LogP contribution in [0.25, 0.3) is 0 Å². The van der Waals surface area contributed by atoms with E-state index >= 15 is 0 Å². The molecular formula is C30H36ClN3O5S. The third kappa shape index (κ3) is 7.55. The second-order valence-corrected chi connectivity index (χ2v) is 12.2. The topological polar surface area (TPSA) is 96.0 Å². The summed E-state index contributed by atoms with van der Waals surface area (Å²) in [7, 11) is -2.62. The predicted molar refractivity (Wildman–Crippen MR) is 158 cm³/mol. The lowest BCUT2D eigenvalue weighted by Crippen LogP contribution is -2.51. The van der Waals surface area contributed by atoms with Crippen molar-refractivity contribution >= 4 is 39.1 Å². The van der Waals surface area contributed by atoms with Crippen LogP contribution in [0.5, 0.6) is 5.75 Å². The van der Waals surface area contributed by atoms with Crippen molar-refractivity contribution < 1.29 is 22.7 Å². The molecule has 0 aromatic heterocycles. The van der Waals surface area contributed by atoms with Gasteiger partial charge >= 0.3 is 0 Å². The Morgan fingerprint density at radius 1 is 0.975 bits per heavy atom. The minimum Gasteiger partial charge on any atom is -0.497 e. The van der Waals surface area contributed by atoms with Gasteiger partial charge in [-0.15, -0.1) is 0 Å². The van der Waals surface area contributed by atoms with Crippen molar-refractivity contribution in [1.29, 1.82) is 0 Å². The van der Waals surface area contributed by atoms with Crippen molar-refractivity contribution in [2.75, 3.05) is 24.5 Å². The number of nitrogens with zero attached hydrogens (tertiary/aromatic N) is 2. The van der Waals surface area contributed by atoms with Crippen LogP contribution in [0, 0.1) is 12.8 Å². The summed E-state index contributed by atoms with van der Waals surface area (Å²) in [4.78, 5) is 28.5. The Labute approximate surface area is 241 Å². The highest BCUT2D eigenvalue weighted by Crippen LogP contribution is 2.31. The summed E-state index contributed by atoms with van der Waals surface area (Å²) < 4.78 is 34.2. The number of methoxy groups -OCH3 is 1. The van der Waals surface area contributed by atoms with Crippen LogP contribution in [0.15, 0.2) is 77.7 Å². The maximum atomic E-state index is 14.0. The lowest BCUT2D eigenvalue weighted by Gasteiger charge is -2.32. The van der Waals surface area contributed by atoms with Gasteiger partial charge < -0.3 is 15.0 Å². The number of carbonyl (C=O) groups is 2. The lowest BCUT2D eigenvalue weighted by atomic mass is 10.1. The molecule has 3 aromatic rings. The summed E-state index contributed by atoms with van der Waals surface area (Å²) in [5.74, 6) is -0.0594. The number of benzene rings is 3. The molecule has 0 aliphatic carbocycles. The van der Waals surface area contributed by atoms with E-state index in [0.717, 1.165) is 9.87 Å². The van der Waals surface area contributed by atoms with E-state index in [1.54, 1.807) is 75.6 Å². The predicted octanol–water partition coefficient (Wildman–Crippen LogP) is 5.04. The zero-order valence-electron chi connectivity index (χ0n) is 23.4. The third-order valence-corrected chi connectivity index (χ3v) is 8.64. The van der Waals surface area contributed by atoms with Gasteiger partial charge in [-0.2, -0.15) is 0 Å². The quantitative estimate of drug-likeness (QED) is 0.321. The number of amides is 2. The van der Waals surface area contributed by atoms with E-state index in [1.165, 1.54) is 17.0 Å². The summed E-state index contributed by atoms with van der Waals surface area (Å²) in [5, 5.41) is 3.24. The van der Waals surface area contributed by atoms with E-state index < -0.39 is 28.5 Å². The molecule has 0 saturated carbocycles. The van der Waals surface area contributed by atoms with Gasteiger partial charge in [-0.1, -0.05) is 61.8 Å². The van der Waals surface area contributed by atoms with Crippen LogP contribution in [0.3, 0.4) is 0 Å². The number of hydrogen-bond acceptors (Lipinski definition) is 5. The largest absolute Gasteiger partial charge is 0.497 e. The van der Waals surface area contributed by atoms with Crippen LogP contribution in [-0.4, -0.2) is 51.4 Å². The smallest absolute Gasteiger partial charge is 0.264 e. The zero-order valence-corrected chi connectivity index (χ0v) is 25.0. The van der Waals surface area contributed by atoms with Crippen LogP contribution < -0.4 is 14.4 Å². The van der Waals surface area contributed by atoms with Crippen molar-refractivity contribution in [3.8, 4) is 5.75 Å². The molecule has 0 saturated heterocycles. The number of hydrogen-bond donors (Lipinski definition) is 1. The standard InChI is InChI=1S/C30H36ClN3O5S/c1-21(2)18-32-30(36)23(4)33(19-24-11-9-12-25(17-24)39-5)29(35)20-34(28-16-10-15-27(31)22(28)3)40(37,38)26-13-7-6-8-14-26/h6-17,21,23H,18-20H2,1-5H3,(H,32,36)/t23-/m0/s1. The Morgan fingerprint density at radius 3 is 2.30 bits per heavy atom. The lowest BCUT2D eigenvalue weighted by molar-refractivity contribution is -0.139. The van der Waals surface area contributed by atoms with Crippen LogP contribution in [-0.2, 0) is 26.2 Å². The molecule has 214 valence electrons. The number of halogens is 1. The molecule has 2 amide bonds. The Morgan fingerprint density at radius 2 is 1.65 bits per heavy atom. The summed E-state index contributed by atoms with van der Waals surface area (Å²) in [6.45, 7) is 7.26. The number of sulfonamides is 1. The monoisotopic (exact) mass is 585 g/mol. The zero-order chi connectivity index (χ0) is 29.4. The van der Waals surface area contributed by atoms with Crippen molar-refractivity contribution in [3.05, 3.63) is 88.9 Å². The summed E-state index contributed by atoms with van der Waals surface area (Å²) in [5.41, 5.74) is 1.52. The SMILES string of the molecule is COc1cccc(CN(C(=O)CN(c2cccc(Cl)c2C)S(=O)(=O)c2ccccc2)[C@@H](C)C(=O)NCC(C)C)c1. The second-order valence-electron chi connectivity index (χ2n) is 9.90. The molecule has 10 heteroatoms. The highest BCUT2D eigenvalue weighted by atomic mass is 35.5. The molecule has 0 bridgehead atoms. The van der Waals surface area contributed by atoms with Gasteiger partial charge in [-0.3, -0.25) is 13.9 Å². The highest BCUT2D eigenvalue weighted by molar-refractivity contribution is 7.92. The summed E-state index contributed by atoms with van der Waals surface area (Å²) in [6, 6.07) is 19.1. The average molecular weight is 586 g/mol. The molecular weight excluding hydrogens is 550 g/mol. The van der Waals surface area contributed by atoms with Crippen molar-refractivity contribution in [3.63, 3.8) is 0 Å². The highest BCUT2D eigenvalue weighted by Gasteiger charge is 2.33. The molecule has 8 nitrogen and oxygen atoms in total. The molecule has 0 spiro atoms. The van der Waals surface area contributed by atoms with Gasteiger partial charge in [0.15, 0.2) is 0 Å². The summed E-state index contributed by atoms with van der Waals surface area (Å²) >= 11 is 6.36. The molecule has 3 rings (SSSR count). The Balaban J connectivity index is 2.05. The maximum Gasteiger partial charge on any atom is 0.264 e. The molecule has 0 aliphatic rings. The van der Waals surface area contributed by atoms with Crippen molar-refractivity contribution in [1.82, 2.24) is 10.2 Å². The molecule has 0 aliphatic heterocycles. The number of nitrogens with one attached hydrogen (secondary N) is 1. The first-order chi connectivity index (χ1) is 18.9. The fourth-order valence-corrected chi connectivity index (χ4v) is 5.76. The van der Waals surface area contributed by atoms with Gasteiger partial charge in [0.1, 0.15) is 18.3 Å². The molecule has 0 fully saturated rings. The molecule has 0 radical (unpaired) electrons. The number of carbonyl (C=O) groups excluding carboxylic acids is 2. The Kier molecular flexibility index (Phi) is 10.6. The first-order valence-electron chi connectivity index (χ1n) is 13.0. The van der Waals surface area contributed by atoms with E-state index in [1.807, 2.05) is 19.9 Å². The number of anilines is 1. The van der Waals surface area contributed by atoms with Gasteiger partial charge in [0.2, 0.25) is 11.8 Å². The fourth-order valence-electron chi connectivity index (χ4n) is 4.10. The normalized spacial score (nSPS) is 12.1. The van der Waals surface area contributed by atoms with E-state index in [0.29, 0.717) is 22.9 Å². The van der Waals surface area contributed by atoms with Crippen molar-refractivity contribution in [2.45, 2.75) is 45.2 Å².